The Morgan fingerprint density at radius 1 is 0.688 bits per heavy atom. The monoisotopic (exact) mass is 705 g/mol. The summed E-state index contributed by atoms with van der Waals surface area (Å²) in [6.07, 6.45) is 7.42. The molecule has 0 N–H and O–H groups in total. The van der Waals surface area contributed by atoms with Crippen LogP contribution < -0.4 is 0 Å². The molecule has 16 heteroatoms. The zero-order chi connectivity index (χ0) is 34.9. The molecule has 0 bridgehead atoms. The van der Waals surface area contributed by atoms with Crippen molar-refractivity contribution in [2.75, 3.05) is 0 Å². The van der Waals surface area contributed by atoms with Crippen molar-refractivity contribution in [3.05, 3.63) is 108 Å². The van der Waals surface area contributed by atoms with E-state index < -0.39 is 35.8 Å². The molecule has 0 aliphatic carbocycles. The summed E-state index contributed by atoms with van der Waals surface area (Å²) in [6, 6.07) is 16.3. The number of carbonyl (C=O) groups excluding carboxylic acids is 1. The molecule has 0 spiro atoms. The van der Waals surface area contributed by atoms with E-state index in [1.165, 1.54) is 37.1 Å². The fourth-order valence-corrected chi connectivity index (χ4v) is 7.33. The van der Waals surface area contributed by atoms with Crippen molar-refractivity contribution in [3.63, 3.8) is 0 Å². The molecule has 0 fully saturated rings. The Morgan fingerprint density at radius 3 is 1.52 bits per heavy atom. The Morgan fingerprint density at radius 2 is 1.10 bits per heavy atom. The lowest BCUT2D eigenvalue weighted by molar-refractivity contribution is 0.111. The predicted octanol–water partition coefficient (Wildman–Crippen LogP) is 4.65. The first-order chi connectivity index (χ1) is 22.6. The minimum absolute atomic E-state index is 0.160. The maximum Gasteiger partial charge on any atom is 0.269 e. The normalized spacial score (nSPS) is 13.0. The summed E-state index contributed by atoms with van der Waals surface area (Å²) in [5.74, 6) is 0. The Balaban J connectivity index is 0.000000194. The molecule has 0 saturated heterocycles. The van der Waals surface area contributed by atoms with Gasteiger partial charge in [0.2, 0.25) is 0 Å². The number of hydrogen-bond acceptors (Lipinski definition) is 10. The van der Waals surface area contributed by atoms with Crippen molar-refractivity contribution in [1.82, 2.24) is 27.9 Å². The van der Waals surface area contributed by atoms with Crippen LogP contribution in [0.5, 0.6) is 0 Å². The fraction of sp³-hybridized carbons (Fsp3) is 0.188. The standard InChI is InChI=1S/C18H20N4O3S2.C14H11N3O3S/c1-13-5-7-15(8-6-13)27(24,25)22-10-9-16-17(22)19-11-14(21-16)12-20-26(23)18(2,3)4;1-10-2-4-12(5-3-10)21(19,20)17-7-6-13-14(17)15-8-11(9-18)16-13/h5-12H,1-4H3;2-9H,1H3/t26-;/m0./s1. The second kappa shape index (κ2) is 13.3. The molecule has 6 rings (SSSR count). The van der Waals surface area contributed by atoms with Gasteiger partial charge in [-0.15, -0.1) is 0 Å². The van der Waals surface area contributed by atoms with Crippen LogP contribution in [-0.2, 0) is 31.0 Å². The van der Waals surface area contributed by atoms with Crippen molar-refractivity contribution >= 4 is 65.9 Å². The van der Waals surface area contributed by atoms with E-state index >= 15 is 0 Å². The van der Waals surface area contributed by atoms with Crippen LogP contribution in [0.1, 0.15) is 48.1 Å². The molecule has 0 radical (unpaired) electrons. The molecule has 248 valence electrons. The van der Waals surface area contributed by atoms with Gasteiger partial charge in [0, 0.05) is 12.4 Å². The second-order valence-electron chi connectivity index (χ2n) is 11.6. The van der Waals surface area contributed by atoms with Crippen molar-refractivity contribution in [3.8, 4) is 0 Å². The summed E-state index contributed by atoms with van der Waals surface area (Å²) in [4.78, 5) is 27.6. The summed E-state index contributed by atoms with van der Waals surface area (Å²) in [7, 11) is -8.90. The summed E-state index contributed by atoms with van der Waals surface area (Å²) >= 11 is 0. The van der Waals surface area contributed by atoms with Gasteiger partial charge in [0.05, 0.1) is 33.1 Å². The number of rotatable bonds is 7. The number of hydrogen-bond donors (Lipinski definition) is 0. The maximum atomic E-state index is 12.9. The SMILES string of the molecule is Cc1ccc(S(=O)(=O)n2ccc3nc(C=N[S@@](=O)C(C)(C)C)cnc32)cc1.Cc1ccc(S(=O)(=O)n2ccc3nc(C=O)cnc32)cc1. The van der Waals surface area contributed by atoms with E-state index in [4.69, 9.17) is 0 Å². The van der Waals surface area contributed by atoms with E-state index in [1.54, 1.807) is 54.6 Å². The third-order valence-corrected chi connectivity index (χ3v) is 11.5. The molecule has 0 unspecified atom stereocenters. The number of aldehydes is 1. The second-order valence-corrected chi connectivity index (χ2v) is 17.1. The molecule has 13 nitrogen and oxygen atoms in total. The molecule has 4 heterocycles. The zero-order valence-electron chi connectivity index (χ0n) is 26.5. The van der Waals surface area contributed by atoms with Gasteiger partial charge in [0.15, 0.2) is 17.6 Å². The Kier molecular flexibility index (Phi) is 9.53. The van der Waals surface area contributed by atoms with Gasteiger partial charge < -0.3 is 0 Å². The van der Waals surface area contributed by atoms with Crippen molar-refractivity contribution in [2.24, 2.45) is 4.40 Å². The minimum atomic E-state index is -3.77. The number of nitrogens with zero attached hydrogens (tertiary/aromatic N) is 7. The number of carbonyl (C=O) groups is 1. The van der Waals surface area contributed by atoms with E-state index in [0.29, 0.717) is 23.0 Å². The first-order valence-electron chi connectivity index (χ1n) is 14.4. The number of aryl methyl sites for hydroxylation is 2. The van der Waals surface area contributed by atoms with Gasteiger partial charge in [-0.05, 0) is 71.0 Å². The summed E-state index contributed by atoms with van der Waals surface area (Å²) in [5, 5.41) is 0. The van der Waals surface area contributed by atoms with Crippen LogP contribution in [0.4, 0.5) is 0 Å². The van der Waals surface area contributed by atoms with E-state index in [0.717, 1.165) is 19.1 Å². The lowest BCUT2D eigenvalue weighted by Crippen LogP contribution is -2.19. The third kappa shape index (κ3) is 7.14. The van der Waals surface area contributed by atoms with E-state index in [9.17, 15) is 25.8 Å². The summed E-state index contributed by atoms with van der Waals surface area (Å²) < 4.78 is 68.6. The summed E-state index contributed by atoms with van der Waals surface area (Å²) in [5.41, 5.74) is 3.71. The van der Waals surface area contributed by atoms with Gasteiger partial charge in [-0.2, -0.15) is 4.40 Å². The lowest BCUT2D eigenvalue weighted by Gasteiger charge is -2.12. The van der Waals surface area contributed by atoms with Crippen molar-refractivity contribution < 1.29 is 25.8 Å². The van der Waals surface area contributed by atoms with Gasteiger partial charge in [0.1, 0.15) is 33.4 Å². The fourth-order valence-electron chi connectivity index (χ4n) is 4.22. The molecule has 48 heavy (non-hydrogen) atoms. The van der Waals surface area contributed by atoms with E-state index in [2.05, 4.69) is 24.3 Å². The van der Waals surface area contributed by atoms with Gasteiger partial charge in [-0.25, -0.2) is 48.9 Å². The highest BCUT2D eigenvalue weighted by molar-refractivity contribution is 7.90. The summed E-state index contributed by atoms with van der Waals surface area (Å²) in [6.45, 7) is 9.25. The molecule has 0 amide bonds. The van der Waals surface area contributed by atoms with Crippen LogP contribution in [0.15, 0.2) is 99.6 Å². The average molecular weight is 706 g/mol. The van der Waals surface area contributed by atoms with E-state index in [-0.39, 0.29) is 26.8 Å². The minimum Gasteiger partial charge on any atom is -0.296 e. The number of aromatic nitrogens is 6. The zero-order valence-corrected chi connectivity index (χ0v) is 29.0. The lowest BCUT2D eigenvalue weighted by atomic mass is 10.2. The van der Waals surface area contributed by atoms with Gasteiger partial charge >= 0.3 is 0 Å². The molecule has 1 atom stereocenters. The molecule has 2 aromatic carbocycles. The molecule has 0 saturated carbocycles. The van der Waals surface area contributed by atoms with Crippen LogP contribution in [0.3, 0.4) is 0 Å². The average Bonchev–Trinajstić information content (AvgIpc) is 3.68. The van der Waals surface area contributed by atoms with Crippen LogP contribution in [0.2, 0.25) is 0 Å². The number of fused-ring (bicyclic) bond motifs is 2. The largest absolute Gasteiger partial charge is 0.296 e. The third-order valence-electron chi connectivity index (χ3n) is 6.83. The molecular formula is C32H31N7O6S3. The Hall–Kier alpha value is -4.93. The molecule has 4 aromatic heterocycles. The van der Waals surface area contributed by atoms with Gasteiger partial charge in [-0.1, -0.05) is 35.4 Å². The molecular weight excluding hydrogens is 675 g/mol. The molecule has 0 aliphatic rings. The van der Waals surface area contributed by atoms with Crippen LogP contribution in [-0.4, -0.2) is 66.2 Å². The highest BCUT2D eigenvalue weighted by Gasteiger charge is 2.22. The highest BCUT2D eigenvalue weighted by Crippen LogP contribution is 2.22. The van der Waals surface area contributed by atoms with Crippen LogP contribution >= 0.6 is 0 Å². The smallest absolute Gasteiger partial charge is 0.269 e. The van der Waals surface area contributed by atoms with Crippen molar-refractivity contribution in [2.45, 2.75) is 49.2 Å². The highest BCUT2D eigenvalue weighted by atomic mass is 32.2. The maximum absolute atomic E-state index is 12.9. The first kappa shape index (κ1) is 34.4. The van der Waals surface area contributed by atoms with Crippen LogP contribution in [0.25, 0.3) is 22.3 Å². The predicted molar refractivity (Wildman–Crippen MR) is 183 cm³/mol. The number of benzene rings is 2. The molecule has 6 aromatic rings. The van der Waals surface area contributed by atoms with Crippen molar-refractivity contribution in [1.29, 1.82) is 0 Å². The Labute approximate surface area is 280 Å². The topological polar surface area (TPSA) is 176 Å². The molecule has 0 aliphatic heterocycles. The van der Waals surface area contributed by atoms with Gasteiger partial charge in [0.25, 0.3) is 20.0 Å². The van der Waals surface area contributed by atoms with Crippen LogP contribution in [0, 0.1) is 13.8 Å². The first-order valence-corrected chi connectivity index (χ1v) is 18.3. The van der Waals surface area contributed by atoms with Gasteiger partial charge in [-0.3, -0.25) is 4.79 Å². The quantitative estimate of drug-likeness (QED) is 0.168. The Bertz CT molecular complexity index is 2410. The van der Waals surface area contributed by atoms with E-state index in [1.807, 2.05) is 34.6 Å².